The second kappa shape index (κ2) is 8.79. The monoisotopic (exact) mass is 302 g/mol. The summed E-state index contributed by atoms with van der Waals surface area (Å²) in [4.78, 5) is 6.85. The number of imidazole rings is 1. The van der Waals surface area contributed by atoms with Gasteiger partial charge >= 0.3 is 0 Å². The van der Waals surface area contributed by atoms with Gasteiger partial charge in [0.25, 0.3) is 0 Å². The Labute approximate surface area is 134 Å². The number of nitrogens with two attached hydrogens (primary N) is 1. The molecule has 1 aromatic heterocycles. The van der Waals surface area contributed by atoms with E-state index in [-0.39, 0.29) is 0 Å². The van der Waals surface area contributed by atoms with Crippen molar-refractivity contribution in [1.29, 1.82) is 0 Å². The van der Waals surface area contributed by atoms with Gasteiger partial charge in [-0.15, -0.1) is 0 Å². The van der Waals surface area contributed by atoms with Gasteiger partial charge in [0, 0.05) is 18.8 Å². The van der Waals surface area contributed by atoms with E-state index in [0.29, 0.717) is 0 Å². The average molecular weight is 302 g/mol. The Morgan fingerprint density at radius 1 is 1.09 bits per heavy atom. The highest BCUT2D eigenvalue weighted by atomic mass is 15.1. The number of likely N-dealkylation sites (N-methyl/N-ethyl adjacent to an activating group) is 1. The Morgan fingerprint density at radius 2 is 1.86 bits per heavy atom. The first kappa shape index (κ1) is 16.8. The fourth-order valence-corrected chi connectivity index (χ4v) is 2.81. The predicted octanol–water partition coefficient (Wildman–Crippen LogP) is 3.91. The smallest absolute Gasteiger partial charge is 0.0958 e. The van der Waals surface area contributed by atoms with Crippen molar-refractivity contribution in [1.82, 2.24) is 14.5 Å². The zero-order valence-corrected chi connectivity index (χ0v) is 14.1. The molecule has 4 nitrogen and oxygen atoms in total. The van der Waals surface area contributed by atoms with Crippen LogP contribution in [0.2, 0.25) is 0 Å². The number of nitrogen functional groups attached to an aromatic ring is 1. The minimum Gasteiger partial charge on any atom is -0.399 e. The van der Waals surface area contributed by atoms with Crippen LogP contribution in [-0.2, 0) is 6.54 Å². The van der Waals surface area contributed by atoms with Crippen LogP contribution >= 0.6 is 0 Å². The molecule has 2 rings (SSSR count). The van der Waals surface area contributed by atoms with Crippen LogP contribution in [0.3, 0.4) is 0 Å². The summed E-state index contributed by atoms with van der Waals surface area (Å²) in [6, 6.07) is 5.94. The molecule has 0 amide bonds. The maximum atomic E-state index is 5.80. The molecule has 2 N–H and O–H groups in total. The average Bonchev–Trinajstić information content (AvgIpc) is 2.90. The van der Waals surface area contributed by atoms with E-state index in [9.17, 15) is 0 Å². The van der Waals surface area contributed by atoms with Crippen molar-refractivity contribution >= 4 is 16.7 Å². The summed E-state index contributed by atoms with van der Waals surface area (Å²) in [6.07, 6.45) is 10.1. The molecule has 0 fully saturated rings. The SMILES string of the molecule is CCCCCCCCN(C)CCn1cnc2cc(N)ccc21. The lowest BCUT2D eigenvalue weighted by Crippen LogP contribution is -2.24. The Hall–Kier alpha value is -1.55. The third-order valence-electron chi connectivity index (χ3n) is 4.26. The number of unbranched alkanes of at least 4 members (excludes halogenated alkanes) is 5. The van der Waals surface area contributed by atoms with E-state index in [1.54, 1.807) is 0 Å². The quantitative estimate of drug-likeness (QED) is 0.534. The van der Waals surface area contributed by atoms with E-state index in [4.69, 9.17) is 5.73 Å². The molecule has 0 aliphatic rings. The maximum absolute atomic E-state index is 5.80. The van der Waals surface area contributed by atoms with Crippen molar-refractivity contribution in [3.05, 3.63) is 24.5 Å². The molecule has 0 aliphatic heterocycles. The molecule has 0 atom stereocenters. The topological polar surface area (TPSA) is 47.1 Å². The number of hydrogen-bond donors (Lipinski definition) is 1. The summed E-state index contributed by atoms with van der Waals surface area (Å²) in [5.74, 6) is 0. The van der Waals surface area contributed by atoms with Crippen molar-refractivity contribution in [2.75, 3.05) is 25.9 Å². The summed E-state index contributed by atoms with van der Waals surface area (Å²) in [5.41, 5.74) is 8.73. The molecule has 0 aliphatic carbocycles. The van der Waals surface area contributed by atoms with E-state index < -0.39 is 0 Å². The number of hydrogen-bond acceptors (Lipinski definition) is 3. The molecule has 0 radical (unpaired) electrons. The summed E-state index contributed by atoms with van der Waals surface area (Å²) in [7, 11) is 2.21. The molecule has 22 heavy (non-hydrogen) atoms. The van der Waals surface area contributed by atoms with Crippen molar-refractivity contribution in [2.24, 2.45) is 0 Å². The first-order valence-corrected chi connectivity index (χ1v) is 8.59. The molecule has 0 unspecified atom stereocenters. The van der Waals surface area contributed by atoms with Gasteiger partial charge in [-0.05, 0) is 38.2 Å². The van der Waals surface area contributed by atoms with Crippen LogP contribution in [0.25, 0.3) is 11.0 Å². The number of fused-ring (bicyclic) bond motifs is 1. The first-order chi connectivity index (χ1) is 10.7. The highest BCUT2D eigenvalue weighted by Crippen LogP contribution is 2.16. The number of rotatable bonds is 10. The van der Waals surface area contributed by atoms with Gasteiger partial charge < -0.3 is 15.2 Å². The summed E-state index contributed by atoms with van der Waals surface area (Å²) < 4.78 is 2.21. The Morgan fingerprint density at radius 3 is 2.68 bits per heavy atom. The van der Waals surface area contributed by atoms with Crippen molar-refractivity contribution < 1.29 is 0 Å². The molecular formula is C18H30N4. The van der Waals surface area contributed by atoms with Gasteiger partial charge in [-0.2, -0.15) is 0 Å². The molecule has 0 spiro atoms. The molecule has 0 saturated carbocycles. The van der Waals surface area contributed by atoms with Gasteiger partial charge in [-0.3, -0.25) is 0 Å². The highest BCUT2D eigenvalue weighted by Gasteiger charge is 2.04. The Balaban J connectivity index is 1.70. The Kier molecular flexibility index (Phi) is 6.72. The number of anilines is 1. The van der Waals surface area contributed by atoms with E-state index in [1.165, 1.54) is 50.6 Å². The summed E-state index contributed by atoms with van der Waals surface area (Å²) >= 11 is 0. The third kappa shape index (κ3) is 5.02. The van der Waals surface area contributed by atoms with Gasteiger partial charge in [0.05, 0.1) is 17.4 Å². The minimum atomic E-state index is 0.776. The van der Waals surface area contributed by atoms with E-state index >= 15 is 0 Å². The van der Waals surface area contributed by atoms with E-state index in [0.717, 1.165) is 24.3 Å². The van der Waals surface area contributed by atoms with Crippen molar-refractivity contribution in [3.8, 4) is 0 Å². The second-order valence-corrected chi connectivity index (χ2v) is 6.26. The predicted molar refractivity (Wildman–Crippen MR) is 95.0 cm³/mol. The highest BCUT2D eigenvalue weighted by molar-refractivity contribution is 5.78. The van der Waals surface area contributed by atoms with Gasteiger partial charge in [0.2, 0.25) is 0 Å². The molecule has 0 saturated heterocycles. The fraction of sp³-hybridized carbons (Fsp3) is 0.611. The largest absolute Gasteiger partial charge is 0.399 e. The lowest BCUT2D eigenvalue weighted by Gasteiger charge is -2.17. The molecular weight excluding hydrogens is 272 g/mol. The summed E-state index contributed by atoms with van der Waals surface area (Å²) in [6.45, 7) is 5.49. The molecule has 1 heterocycles. The van der Waals surface area contributed by atoms with Crippen molar-refractivity contribution in [2.45, 2.75) is 52.0 Å². The number of nitrogens with zero attached hydrogens (tertiary/aromatic N) is 3. The van der Waals surface area contributed by atoms with Crippen LogP contribution in [-0.4, -0.2) is 34.6 Å². The number of benzene rings is 1. The van der Waals surface area contributed by atoms with Crippen LogP contribution in [0.1, 0.15) is 45.4 Å². The standard InChI is InChI=1S/C18H30N4/c1-3-4-5-6-7-8-11-21(2)12-13-22-15-20-17-14-16(19)9-10-18(17)22/h9-10,14-15H,3-8,11-13,19H2,1-2H3. The zero-order chi connectivity index (χ0) is 15.8. The molecule has 122 valence electrons. The number of aromatic nitrogens is 2. The van der Waals surface area contributed by atoms with Crippen LogP contribution in [0, 0.1) is 0 Å². The van der Waals surface area contributed by atoms with Crippen molar-refractivity contribution in [3.63, 3.8) is 0 Å². The van der Waals surface area contributed by atoms with Crippen LogP contribution in [0.4, 0.5) is 5.69 Å². The van der Waals surface area contributed by atoms with Gasteiger partial charge in [0.1, 0.15) is 0 Å². The molecule has 2 aromatic rings. The normalized spacial score (nSPS) is 11.6. The minimum absolute atomic E-state index is 0.776. The zero-order valence-electron chi connectivity index (χ0n) is 14.1. The van der Waals surface area contributed by atoms with Gasteiger partial charge in [-0.1, -0.05) is 39.0 Å². The van der Waals surface area contributed by atoms with Crippen LogP contribution < -0.4 is 5.73 Å². The molecule has 4 heteroatoms. The molecule has 1 aromatic carbocycles. The lowest BCUT2D eigenvalue weighted by atomic mass is 10.1. The Bertz CT molecular complexity index is 561. The summed E-state index contributed by atoms with van der Waals surface area (Å²) in [5, 5.41) is 0. The third-order valence-corrected chi connectivity index (χ3v) is 4.26. The fourth-order valence-electron chi connectivity index (χ4n) is 2.81. The molecule has 0 bridgehead atoms. The maximum Gasteiger partial charge on any atom is 0.0958 e. The van der Waals surface area contributed by atoms with E-state index in [2.05, 4.69) is 34.5 Å². The van der Waals surface area contributed by atoms with Gasteiger partial charge in [-0.25, -0.2) is 4.98 Å². The van der Waals surface area contributed by atoms with E-state index in [1.807, 2.05) is 18.5 Å². The van der Waals surface area contributed by atoms with Crippen LogP contribution in [0.15, 0.2) is 24.5 Å². The first-order valence-electron chi connectivity index (χ1n) is 8.59. The van der Waals surface area contributed by atoms with Gasteiger partial charge in [0.15, 0.2) is 0 Å². The van der Waals surface area contributed by atoms with Crippen LogP contribution in [0.5, 0.6) is 0 Å². The second-order valence-electron chi connectivity index (χ2n) is 6.26. The lowest BCUT2D eigenvalue weighted by molar-refractivity contribution is 0.311.